The van der Waals surface area contributed by atoms with Crippen molar-refractivity contribution < 1.29 is 32.2 Å². The molecule has 3 amide bonds. The van der Waals surface area contributed by atoms with E-state index in [9.17, 15) is 14.4 Å². The van der Waals surface area contributed by atoms with Crippen LogP contribution in [0.2, 0.25) is 0 Å². The highest BCUT2D eigenvalue weighted by molar-refractivity contribution is 6.58. The van der Waals surface area contributed by atoms with Crippen molar-refractivity contribution in [3.8, 4) is 11.3 Å². The molecule has 2 saturated heterocycles. The van der Waals surface area contributed by atoms with Gasteiger partial charge in [0.1, 0.15) is 29.2 Å². The van der Waals surface area contributed by atoms with Gasteiger partial charge < -0.3 is 53.1 Å². The molecule has 16 nitrogen and oxygen atoms in total. The zero-order valence-corrected chi connectivity index (χ0v) is 40.1. The number of ether oxygens (including phenoxy) is 1. The second kappa shape index (κ2) is 21.4. The average molecular weight is 955 g/mol. The number of carbonyl (C=O) groups is 3. The number of likely N-dealkylation sites (N-methyl/N-ethyl adjacent to an activating group) is 1. The first-order chi connectivity index (χ1) is 33.9. The number of carbonyl (C=O) groups excluding carboxylic acids is 3. The number of piperidine rings is 1. The Hall–Kier alpha value is -6.83. The number of aryl methyl sites for hydroxylation is 2. The number of aromatic nitrogens is 5. The van der Waals surface area contributed by atoms with E-state index in [1.54, 1.807) is 49.8 Å². The number of morpholine rings is 1. The van der Waals surface area contributed by atoms with Gasteiger partial charge in [-0.15, -0.1) is 0 Å². The average Bonchev–Trinajstić information content (AvgIpc) is 4.07. The van der Waals surface area contributed by atoms with Crippen LogP contribution in [0.1, 0.15) is 71.5 Å². The van der Waals surface area contributed by atoms with Crippen LogP contribution in [0.5, 0.6) is 0 Å². The maximum absolute atomic E-state index is 15.7. The van der Waals surface area contributed by atoms with Gasteiger partial charge in [-0.3, -0.25) is 24.3 Å². The van der Waals surface area contributed by atoms with Gasteiger partial charge in [0, 0.05) is 106 Å². The minimum absolute atomic E-state index is 0.00573. The topological polar surface area (TPSA) is 169 Å². The number of rotatable bonds is 18. The molecule has 0 unspecified atom stereocenters. The molecule has 4 N–H and O–H groups in total. The number of hydrogen-bond acceptors (Lipinski definition) is 10. The summed E-state index contributed by atoms with van der Waals surface area (Å²) in [5.41, 5.74) is 7.35. The van der Waals surface area contributed by atoms with Gasteiger partial charge in [-0.05, 0) is 118 Å². The lowest BCUT2D eigenvalue weighted by atomic mass is 9.90. The summed E-state index contributed by atoms with van der Waals surface area (Å²) in [6, 6.07) is 15.2. The van der Waals surface area contributed by atoms with Crippen molar-refractivity contribution in [3.05, 3.63) is 119 Å². The summed E-state index contributed by atoms with van der Waals surface area (Å²) in [4.78, 5) is 62.3. The first-order valence-corrected chi connectivity index (χ1v) is 24.3. The van der Waals surface area contributed by atoms with E-state index in [0.29, 0.717) is 73.6 Å². The van der Waals surface area contributed by atoms with Crippen molar-refractivity contribution in [1.29, 1.82) is 0 Å². The number of amides is 3. The molecule has 1 aromatic carbocycles. The number of aromatic amines is 1. The zero-order chi connectivity index (χ0) is 48.8. The number of allylic oxidation sites excluding steroid dienone is 2. The van der Waals surface area contributed by atoms with Crippen LogP contribution in [0.4, 0.5) is 20.1 Å². The van der Waals surface area contributed by atoms with Crippen LogP contribution >= 0.6 is 0 Å². The van der Waals surface area contributed by atoms with Crippen LogP contribution in [0.25, 0.3) is 28.4 Å². The third-order valence-electron chi connectivity index (χ3n) is 13.5. The molecule has 0 saturated carbocycles. The van der Waals surface area contributed by atoms with Gasteiger partial charge in [0.2, 0.25) is 11.8 Å². The summed E-state index contributed by atoms with van der Waals surface area (Å²) < 4.78 is 39.1. The van der Waals surface area contributed by atoms with Crippen LogP contribution in [0.3, 0.4) is 0 Å². The fourth-order valence-corrected chi connectivity index (χ4v) is 9.95. The number of pyridine rings is 1. The van der Waals surface area contributed by atoms with Crippen molar-refractivity contribution in [3.63, 3.8) is 0 Å². The van der Waals surface area contributed by atoms with Gasteiger partial charge in [-0.1, -0.05) is 18.2 Å². The monoisotopic (exact) mass is 954 g/mol. The van der Waals surface area contributed by atoms with Crippen molar-refractivity contribution >= 4 is 59.0 Å². The largest absolute Gasteiger partial charge is 0.737 e. The van der Waals surface area contributed by atoms with Gasteiger partial charge in [-0.25, -0.2) is 9.97 Å². The first-order valence-electron chi connectivity index (χ1n) is 24.3. The van der Waals surface area contributed by atoms with Crippen LogP contribution < -0.4 is 20.9 Å². The Labute approximate surface area is 406 Å². The number of unbranched alkanes of at least 4 members (excludes halogenated alkanes) is 1. The summed E-state index contributed by atoms with van der Waals surface area (Å²) >= 11 is 0. The summed E-state index contributed by atoms with van der Waals surface area (Å²) in [6.45, 7) is 6.49. The van der Waals surface area contributed by atoms with E-state index in [2.05, 4.69) is 56.7 Å². The molecule has 4 aromatic heterocycles. The van der Waals surface area contributed by atoms with Gasteiger partial charge in [0.05, 0.1) is 18.6 Å². The predicted molar refractivity (Wildman–Crippen MR) is 269 cm³/mol. The van der Waals surface area contributed by atoms with Crippen molar-refractivity contribution in [2.24, 2.45) is 0 Å². The molecule has 9 rings (SSSR count). The van der Waals surface area contributed by atoms with Crippen LogP contribution in [-0.2, 0) is 20.9 Å². The summed E-state index contributed by atoms with van der Waals surface area (Å²) in [6.07, 6.45) is 15.7. The normalized spacial score (nSPS) is 17.8. The molecule has 5 aromatic rings. The molecule has 0 aliphatic carbocycles. The summed E-state index contributed by atoms with van der Waals surface area (Å²) in [5, 5.41) is 10.0. The minimum atomic E-state index is -4.04. The molecule has 19 heteroatoms. The number of fused-ring (bicyclic) bond motifs is 3. The lowest BCUT2D eigenvalue weighted by molar-refractivity contribution is -0.362. The smallest absolute Gasteiger partial charge is 0.394 e. The van der Waals surface area contributed by atoms with Crippen LogP contribution in [0.15, 0.2) is 91.1 Å². The summed E-state index contributed by atoms with van der Waals surface area (Å²) in [5.74, 6) is 0.305. The SMILES string of the molecule is Cc1cc(C)n2c1C=C1C=CC(CCC(=O)NCCCCN(C)C/C=C/C(=O)N[C@@H]3CCCN(Cc4ccnc(C(=O)Nc5ccc(-c6cc7c(N8CCOCC8)ncnc7[nH]6)cc5)c4)C3)=[N+]1[B-]2(F)F. The van der Waals surface area contributed by atoms with Crippen molar-refractivity contribution in [2.75, 3.05) is 76.3 Å². The fourth-order valence-electron chi connectivity index (χ4n) is 9.95. The Bertz CT molecular complexity index is 2870. The van der Waals surface area contributed by atoms with Crippen LogP contribution in [-0.4, -0.2) is 141 Å². The molecule has 366 valence electrons. The number of nitrogens with zero attached hydrogens (tertiary/aromatic N) is 8. The van der Waals surface area contributed by atoms with Crippen LogP contribution in [0, 0.1) is 13.8 Å². The van der Waals surface area contributed by atoms with E-state index in [1.165, 1.54) is 0 Å². The van der Waals surface area contributed by atoms with Crippen molar-refractivity contribution in [2.45, 2.75) is 65.0 Å². The van der Waals surface area contributed by atoms with E-state index in [4.69, 9.17) is 4.74 Å². The quantitative estimate of drug-likeness (QED) is 0.0460. The standard InChI is InChI=1S/C51H61BF2N12O4/c1-35-28-36(2)65-46(35)30-42-15-14-41(66(42)52(65,53)54)16-17-47(67)56-19-4-5-21-62(3)22-7-9-48(68)59-40-8-6-23-63(33-40)32-37-18-20-55-45(29-37)51(69)60-39-12-10-38(11-13-39)44-31-43-49(61-44)57-34-58-50(43)64-24-26-70-27-25-64/h7,9-15,18,20,28-31,34,40H,4-6,8,16-17,19,21-27,32-33H2,1-3H3,(H,56,67)(H,59,68)(H,60,69)(H,57,58,61)/b9-7+/t40-/m1/s1. The Balaban J connectivity index is 0.662. The second-order valence-electron chi connectivity index (χ2n) is 18.7. The fraction of sp³-hybridized carbons (Fsp3) is 0.392. The lowest BCUT2D eigenvalue weighted by Crippen LogP contribution is -2.50. The predicted octanol–water partition coefficient (Wildman–Crippen LogP) is 6.07. The van der Waals surface area contributed by atoms with Gasteiger partial charge in [-0.2, -0.15) is 0 Å². The van der Waals surface area contributed by atoms with E-state index in [0.717, 1.165) is 100 Å². The Kier molecular flexibility index (Phi) is 14.8. The molecule has 2 fully saturated rings. The molecule has 4 aliphatic heterocycles. The third kappa shape index (κ3) is 11.1. The van der Waals surface area contributed by atoms with Crippen molar-refractivity contribution in [1.82, 2.24) is 44.8 Å². The second-order valence-corrected chi connectivity index (χ2v) is 18.7. The number of anilines is 2. The van der Waals surface area contributed by atoms with E-state index in [-0.39, 0.29) is 36.6 Å². The number of likely N-dealkylation sites (tertiary alicyclic amines) is 1. The molecular formula is C51H61BF2N12O4. The highest BCUT2D eigenvalue weighted by Gasteiger charge is 2.52. The number of halogens is 2. The molecule has 0 bridgehead atoms. The molecule has 1 atom stereocenters. The summed E-state index contributed by atoms with van der Waals surface area (Å²) in [7, 11) is 1.99. The number of nitrogens with one attached hydrogen (secondary N) is 4. The lowest BCUT2D eigenvalue weighted by Gasteiger charge is -2.33. The van der Waals surface area contributed by atoms with Gasteiger partial charge in [0.15, 0.2) is 5.70 Å². The van der Waals surface area contributed by atoms with E-state index < -0.39 is 6.97 Å². The molecule has 0 spiro atoms. The molecular weight excluding hydrogens is 893 g/mol. The maximum atomic E-state index is 15.7. The highest BCUT2D eigenvalue weighted by Crippen LogP contribution is 2.35. The molecule has 70 heavy (non-hydrogen) atoms. The molecule has 4 aliphatic rings. The molecule has 8 heterocycles. The Morgan fingerprint density at radius 2 is 1.84 bits per heavy atom. The maximum Gasteiger partial charge on any atom is 0.737 e. The van der Waals surface area contributed by atoms with Gasteiger partial charge >= 0.3 is 6.97 Å². The number of hydrogen-bond donors (Lipinski definition) is 4. The third-order valence-corrected chi connectivity index (χ3v) is 13.5. The molecule has 0 radical (unpaired) electrons. The first kappa shape index (κ1) is 48.2. The van der Waals surface area contributed by atoms with E-state index >= 15 is 8.63 Å². The Morgan fingerprint density at radius 3 is 2.67 bits per heavy atom. The van der Waals surface area contributed by atoms with Gasteiger partial charge in [0.25, 0.3) is 5.91 Å². The number of H-pyrrole nitrogens is 1. The Morgan fingerprint density at radius 1 is 1.01 bits per heavy atom. The zero-order valence-electron chi connectivity index (χ0n) is 40.1. The highest BCUT2D eigenvalue weighted by atomic mass is 19.2. The number of benzene rings is 1. The van der Waals surface area contributed by atoms with E-state index in [1.807, 2.05) is 56.4 Å². The minimum Gasteiger partial charge on any atom is -0.394 e.